The summed E-state index contributed by atoms with van der Waals surface area (Å²) in [4.78, 5) is 25.3. The SMILES string of the molecule is C[N+]1(Cc2ccc(C(=O)N3CCCC3=O)cc2)CCOCC1. The lowest BCUT2D eigenvalue weighted by atomic mass is 10.1. The molecule has 0 spiro atoms. The fourth-order valence-electron chi connectivity index (χ4n) is 3.15. The highest BCUT2D eigenvalue weighted by atomic mass is 16.5. The highest BCUT2D eigenvalue weighted by Gasteiger charge is 2.28. The molecule has 3 rings (SSSR count). The molecule has 1 aromatic rings. The minimum Gasteiger partial charge on any atom is -0.370 e. The number of nitrogens with zero attached hydrogens (tertiary/aromatic N) is 2. The number of amides is 2. The lowest BCUT2D eigenvalue weighted by Crippen LogP contribution is -2.51. The van der Waals surface area contributed by atoms with Crippen molar-refractivity contribution in [1.82, 2.24) is 4.90 Å². The molecule has 0 atom stereocenters. The van der Waals surface area contributed by atoms with Crippen LogP contribution in [0.5, 0.6) is 0 Å². The van der Waals surface area contributed by atoms with E-state index in [-0.39, 0.29) is 11.8 Å². The number of ether oxygens (including phenoxy) is 1. The third-order valence-electron chi connectivity index (χ3n) is 4.63. The van der Waals surface area contributed by atoms with Crippen LogP contribution in [0.4, 0.5) is 0 Å². The first-order valence-corrected chi connectivity index (χ1v) is 7.92. The number of morpholine rings is 1. The summed E-state index contributed by atoms with van der Waals surface area (Å²) in [6.45, 7) is 5.15. The Balaban J connectivity index is 1.67. The molecule has 2 amide bonds. The van der Waals surface area contributed by atoms with Crippen molar-refractivity contribution in [1.29, 1.82) is 0 Å². The molecule has 0 aliphatic carbocycles. The van der Waals surface area contributed by atoms with Gasteiger partial charge in [0.1, 0.15) is 19.6 Å². The molecule has 0 unspecified atom stereocenters. The van der Waals surface area contributed by atoms with Crippen molar-refractivity contribution in [2.75, 3.05) is 39.9 Å². The minimum absolute atomic E-state index is 0.0551. The van der Waals surface area contributed by atoms with Crippen molar-refractivity contribution in [3.8, 4) is 0 Å². The van der Waals surface area contributed by atoms with E-state index in [4.69, 9.17) is 4.74 Å². The van der Waals surface area contributed by atoms with Gasteiger partial charge in [0.25, 0.3) is 5.91 Å². The van der Waals surface area contributed by atoms with Crippen molar-refractivity contribution in [2.45, 2.75) is 19.4 Å². The van der Waals surface area contributed by atoms with Gasteiger partial charge in [-0.05, 0) is 18.6 Å². The van der Waals surface area contributed by atoms with E-state index in [1.54, 1.807) is 0 Å². The van der Waals surface area contributed by atoms with Crippen LogP contribution in [-0.4, -0.2) is 61.1 Å². The maximum Gasteiger partial charge on any atom is 0.260 e. The number of rotatable bonds is 3. The molecule has 0 radical (unpaired) electrons. The van der Waals surface area contributed by atoms with Crippen LogP contribution >= 0.6 is 0 Å². The van der Waals surface area contributed by atoms with E-state index < -0.39 is 0 Å². The first-order chi connectivity index (χ1) is 10.6. The summed E-state index contributed by atoms with van der Waals surface area (Å²) in [5, 5.41) is 0. The van der Waals surface area contributed by atoms with Crippen LogP contribution in [0.1, 0.15) is 28.8 Å². The molecule has 22 heavy (non-hydrogen) atoms. The Bertz CT molecular complexity index is 562. The fraction of sp³-hybridized carbons (Fsp3) is 0.529. The third kappa shape index (κ3) is 3.20. The van der Waals surface area contributed by atoms with E-state index in [1.165, 1.54) is 10.5 Å². The second kappa shape index (κ2) is 6.18. The van der Waals surface area contributed by atoms with Crippen LogP contribution in [0.15, 0.2) is 24.3 Å². The molecular weight excluding hydrogens is 280 g/mol. The Morgan fingerprint density at radius 1 is 1.23 bits per heavy atom. The van der Waals surface area contributed by atoms with Gasteiger partial charge in [-0.25, -0.2) is 0 Å². The van der Waals surface area contributed by atoms with Crippen LogP contribution < -0.4 is 0 Å². The number of hydrogen-bond donors (Lipinski definition) is 0. The quantitative estimate of drug-likeness (QED) is 0.627. The molecule has 118 valence electrons. The summed E-state index contributed by atoms with van der Waals surface area (Å²) >= 11 is 0. The second-order valence-corrected chi connectivity index (χ2v) is 6.49. The molecule has 0 aromatic heterocycles. The smallest absolute Gasteiger partial charge is 0.260 e. The second-order valence-electron chi connectivity index (χ2n) is 6.49. The average Bonchev–Trinajstić information content (AvgIpc) is 2.94. The fourth-order valence-corrected chi connectivity index (χ4v) is 3.15. The number of carbonyl (C=O) groups is 2. The number of hydrogen-bond acceptors (Lipinski definition) is 3. The van der Waals surface area contributed by atoms with Gasteiger partial charge < -0.3 is 9.22 Å². The number of benzene rings is 1. The maximum atomic E-state index is 12.3. The molecule has 5 heteroatoms. The summed E-state index contributed by atoms with van der Waals surface area (Å²) in [5.41, 5.74) is 1.82. The lowest BCUT2D eigenvalue weighted by molar-refractivity contribution is -0.929. The van der Waals surface area contributed by atoms with Crippen molar-refractivity contribution >= 4 is 11.8 Å². The molecule has 1 aromatic carbocycles. The monoisotopic (exact) mass is 303 g/mol. The summed E-state index contributed by atoms with van der Waals surface area (Å²) in [7, 11) is 2.24. The van der Waals surface area contributed by atoms with E-state index in [0.29, 0.717) is 18.5 Å². The number of likely N-dealkylation sites (N-methyl/N-ethyl adjacent to an activating group) is 1. The molecule has 2 saturated heterocycles. The highest BCUT2D eigenvalue weighted by molar-refractivity contribution is 6.05. The van der Waals surface area contributed by atoms with Crippen LogP contribution in [-0.2, 0) is 16.1 Å². The predicted octanol–water partition coefficient (Wildman–Crippen LogP) is 1.43. The van der Waals surface area contributed by atoms with Crippen molar-refractivity contribution < 1.29 is 18.8 Å². The molecule has 5 nitrogen and oxygen atoms in total. The van der Waals surface area contributed by atoms with Gasteiger partial charge in [0.05, 0.1) is 20.3 Å². The van der Waals surface area contributed by atoms with Gasteiger partial charge in [-0.15, -0.1) is 0 Å². The predicted molar refractivity (Wildman–Crippen MR) is 82.2 cm³/mol. The number of imide groups is 1. The van der Waals surface area contributed by atoms with Crippen molar-refractivity contribution in [3.05, 3.63) is 35.4 Å². The number of likely N-dealkylation sites (tertiary alicyclic amines) is 1. The summed E-state index contributed by atoms with van der Waals surface area (Å²) in [6.07, 6.45) is 1.27. The maximum absolute atomic E-state index is 12.3. The van der Waals surface area contributed by atoms with Crippen molar-refractivity contribution in [2.24, 2.45) is 0 Å². The van der Waals surface area contributed by atoms with E-state index in [9.17, 15) is 9.59 Å². The number of carbonyl (C=O) groups excluding carboxylic acids is 2. The van der Waals surface area contributed by atoms with Crippen LogP contribution in [0.2, 0.25) is 0 Å². The zero-order valence-corrected chi connectivity index (χ0v) is 13.1. The van der Waals surface area contributed by atoms with Gasteiger partial charge in [0.15, 0.2) is 0 Å². The van der Waals surface area contributed by atoms with Crippen molar-refractivity contribution in [3.63, 3.8) is 0 Å². The van der Waals surface area contributed by atoms with Crippen LogP contribution in [0, 0.1) is 0 Å². The molecular formula is C17H23N2O3+. The molecule has 2 heterocycles. The Morgan fingerprint density at radius 2 is 1.91 bits per heavy atom. The highest BCUT2D eigenvalue weighted by Crippen LogP contribution is 2.18. The number of quaternary nitrogens is 1. The first-order valence-electron chi connectivity index (χ1n) is 7.92. The van der Waals surface area contributed by atoms with Gasteiger partial charge in [-0.1, -0.05) is 12.1 Å². The average molecular weight is 303 g/mol. The van der Waals surface area contributed by atoms with Crippen LogP contribution in [0.3, 0.4) is 0 Å². The largest absolute Gasteiger partial charge is 0.370 e. The van der Waals surface area contributed by atoms with Gasteiger partial charge in [0, 0.05) is 24.1 Å². The van der Waals surface area contributed by atoms with Gasteiger partial charge in [-0.3, -0.25) is 14.5 Å². The Hall–Kier alpha value is -1.72. The van der Waals surface area contributed by atoms with E-state index in [0.717, 1.165) is 43.8 Å². The van der Waals surface area contributed by atoms with E-state index >= 15 is 0 Å². The van der Waals surface area contributed by atoms with Gasteiger partial charge in [0.2, 0.25) is 5.91 Å². The molecule has 2 fully saturated rings. The molecule has 0 bridgehead atoms. The van der Waals surface area contributed by atoms with Gasteiger partial charge in [-0.2, -0.15) is 0 Å². The molecule has 0 N–H and O–H groups in total. The van der Waals surface area contributed by atoms with Gasteiger partial charge >= 0.3 is 0 Å². The Morgan fingerprint density at radius 3 is 2.50 bits per heavy atom. The molecule has 2 aliphatic rings. The van der Waals surface area contributed by atoms with Crippen LogP contribution in [0.25, 0.3) is 0 Å². The summed E-state index contributed by atoms with van der Waals surface area (Å²) in [6, 6.07) is 7.70. The van der Waals surface area contributed by atoms with E-state index in [1.807, 2.05) is 24.3 Å². The third-order valence-corrected chi connectivity index (χ3v) is 4.63. The molecule has 0 saturated carbocycles. The zero-order valence-electron chi connectivity index (χ0n) is 13.1. The standard InChI is InChI=1S/C17H23N2O3/c1-19(9-11-22-12-10-19)13-14-4-6-15(7-5-14)17(21)18-8-2-3-16(18)20/h4-7H,2-3,8-13H2,1H3/q+1. The first kappa shape index (κ1) is 15.2. The zero-order chi connectivity index (χ0) is 15.6. The lowest BCUT2D eigenvalue weighted by Gasteiger charge is -2.37. The Kier molecular flexibility index (Phi) is 4.27. The summed E-state index contributed by atoms with van der Waals surface area (Å²) < 4.78 is 6.39. The Labute approximate surface area is 131 Å². The molecule has 2 aliphatic heterocycles. The van der Waals surface area contributed by atoms with E-state index in [2.05, 4.69) is 7.05 Å². The summed E-state index contributed by atoms with van der Waals surface area (Å²) in [5.74, 6) is -0.221. The normalized spacial score (nSPS) is 21.1. The minimum atomic E-state index is -0.166. The topological polar surface area (TPSA) is 46.6 Å².